The third kappa shape index (κ3) is 2.22. The number of aromatic nitrogens is 2. The van der Waals surface area contributed by atoms with E-state index in [-0.39, 0.29) is 5.56 Å². The highest BCUT2D eigenvalue weighted by atomic mass is 16.5. The third-order valence-electron chi connectivity index (χ3n) is 6.36. The Bertz CT molecular complexity index is 1500. The average Bonchev–Trinajstić information content (AvgIpc) is 3.09. The van der Waals surface area contributed by atoms with Crippen LogP contribution in [0.1, 0.15) is 0 Å². The molecular formula is C24H22N3O3+. The summed E-state index contributed by atoms with van der Waals surface area (Å²) in [4.78, 5) is 16.0. The van der Waals surface area contributed by atoms with Crippen LogP contribution < -0.4 is 19.8 Å². The van der Waals surface area contributed by atoms with Gasteiger partial charge in [-0.1, -0.05) is 12.1 Å². The van der Waals surface area contributed by atoms with Gasteiger partial charge in [-0.05, 0) is 30.3 Å². The Kier molecular flexibility index (Phi) is 3.67. The Labute approximate surface area is 172 Å². The molecule has 30 heavy (non-hydrogen) atoms. The molecule has 0 bridgehead atoms. The molecule has 1 aliphatic rings. The van der Waals surface area contributed by atoms with Crippen molar-refractivity contribution < 1.29 is 14.0 Å². The van der Waals surface area contributed by atoms with Crippen LogP contribution >= 0.6 is 0 Å². The molecule has 6 nitrogen and oxygen atoms in total. The zero-order chi connectivity index (χ0) is 20.4. The van der Waals surface area contributed by atoms with Crippen molar-refractivity contribution in [1.82, 2.24) is 4.40 Å². The van der Waals surface area contributed by atoms with Crippen LogP contribution in [0.3, 0.4) is 0 Å². The summed E-state index contributed by atoms with van der Waals surface area (Å²) in [5.74, 6) is 0.739. The van der Waals surface area contributed by atoms with Gasteiger partial charge in [0.05, 0.1) is 38.1 Å². The van der Waals surface area contributed by atoms with Crippen molar-refractivity contribution in [3.8, 4) is 5.75 Å². The van der Waals surface area contributed by atoms with Gasteiger partial charge in [-0.2, -0.15) is 4.40 Å². The molecule has 6 rings (SSSR count). The number of nitrogens with zero attached hydrogens (tertiary/aromatic N) is 3. The number of rotatable bonds is 2. The van der Waals surface area contributed by atoms with Gasteiger partial charge < -0.3 is 14.4 Å². The lowest BCUT2D eigenvalue weighted by molar-refractivity contribution is -0.617. The number of hydrogen-bond donors (Lipinski definition) is 0. The van der Waals surface area contributed by atoms with Gasteiger partial charge in [-0.3, -0.25) is 0 Å². The summed E-state index contributed by atoms with van der Waals surface area (Å²) in [5.41, 5.74) is 3.93. The molecule has 0 amide bonds. The number of morpholine rings is 1. The van der Waals surface area contributed by atoms with Gasteiger partial charge in [0.15, 0.2) is 11.0 Å². The summed E-state index contributed by atoms with van der Waals surface area (Å²) in [7, 11) is 3.66. The maximum atomic E-state index is 13.7. The van der Waals surface area contributed by atoms with Gasteiger partial charge in [0.25, 0.3) is 5.65 Å². The standard InChI is InChI=1S/C24H22N3O3/c1-25-20-8-6-15(29-2)14-21(20)27-23(25)17-7-9-19(26-10-12-30-13-11-26)16-4-3-5-18(22(16)17)24(27)28/h3-9,14H,10-13H2,1-2H3/q+1. The zero-order valence-electron chi connectivity index (χ0n) is 17.0. The van der Waals surface area contributed by atoms with E-state index in [1.54, 1.807) is 7.11 Å². The highest BCUT2D eigenvalue weighted by Gasteiger charge is 2.26. The molecule has 0 aliphatic carbocycles. The second-order valence-corrected chi connectivity index (χ2v) is 7.84. The van der Waals surface area contributed by atoms with E-state index in [1.165, 1.54) is 5.69 Å². The fourth-order valence-electron chi connectivity index (χ4n) is 4.93. The number of anilines is 1. The van der Waals surface area contributed by atoms with Crippen molar-refractivity contribution in [2.45, 2.75) is 0 Å². The molecule has 0 radical (unpaired) electrons. The molecule has 0 unspecified atom stereocenters. The normalized spacial score (nSPS) is 15.1. The first-order valence-corrected chi connectivity index (χ1v) is 10.2. The number of fused-ring (bicyclic) bond motifs is 4. The van der Waals surface area contributed by atoms with Crippen LogP contribution in [-0.2, 0) is 11.8 Å². The van der Waals surface area contributed by atoms with E-state index in [4.69, 9.17) is 9.47 Å². The van der Waals surface area contributed by atoms with Gasteiger partial charge in [0, 0.05) is 35.6 Å². The molecule has 1 aliphatic heterocycles. The van der Waals surface area contributed by atoms with Crippen molar-refractivity contribution in [3.05, 3.63) is 58.9 Å². The fraction of sp³-hybridized carbons (Fsp3) is 0.250. The topological polar surface area (TPSA) is 47.1 Å². The second-order valence-electron chi connectivity index (χ2n) is 7.84. The van der Waals surface area contributed by atoms with E-state index >= 15 is 0 Å². The van der Waals surface area contributed by atoms with Crippen molar-refractivity contribution in [3.63, 3.8) is 0 Å². The first kappa shape index (κ1) is 17.5. The first-order valence-electron chi connectivity index (χ1n) is 10.2. The van der Waals surface area contributed by atoms with E-state index < -0.39 is 0 Å². The Balaban J connectivity index is 1.79. The molecule has 0 atom stereocenters. The summed E-state index contributed by atoms with van der Waals surface area (Å²) in [6.07, 6.45) is 0. The molecule has 1 fully saturated rings. The van der Waals surface area contributed by atoms with Crippen molar-refractivity contribution >= 4 is 43.9 Å². The Morgan fingerprint density at radius 3 is 2.60 bits per heavy atom. The fourth-order valence-corrected chi connectivity index (χ4v) is 4.93. The lowest BCUT2D eigenvalue weighted by atomic mass is 10.00. The van der Waals surface area contributed by atoms with Gasteiger partial charge in [-0.25, -0.2) is 9.36 Å². The minimum atomic E-state index is 0.00100. The van der Waals surface area contributed by atoms with Crippen molar-refractivity contribution in [2.24, 2.45) is 7.05 Å². The molecular weight excluding hydrogens is 378 g/mol. The number of imidazole rings is 1. The van der Waals surface area contributed by atoms with Crippen LogP contribution in [0.5, 0.6) is 5.75 Å². The summed E-state index contributed by atoms with van der Waals surface area (Å²) < 4.78 is 14.9. The Morgan fingerprint density at radius 1 is 1.00 bits per heavy atom. The van der Waals surface area contributed by atoms with E-state index in [1.807, 2.05) is 41.8 Å². The predicted molar refractivity (Wildman–Crippen MR) is 118 cm³/mol. The molecule has 1 saturated heterocycles. The number of pyridine rings is 1. The summed E-state index contributed by atoms with van der Waals surface area (Å²) >= 11 is 0. The molecule has 150 valence electrons. The molecule has 3 aromatic carbocycles. The minimum Gasteiger partial charge on any atom is -0.497 e. The molecule has 2 aromatic heterocycles. The minimum absolute atomic E-state index is 0.00100. The summed E-state index contributed by atoms with van der Waals surface area (Å²) in [5, 5.41) is 3.97. The molecule has 0 saturated carbocycles. The van der Waals surface area contributed by atoms with E-state index in [0.717, 1.165) is 70.3 Å². The number of methoxy groups -OCH3 is 1. The maximum Gasteiger partial charge on any atom is 0.347 e. The van der Waals surface area contributed by atoms with Crippen molar-refractivity contribution in [1.29, 1.82) is 0 Å². The van der Waals surface area contributed by atoms with Crippen molar-refractivity contribution in [2.75, 3.05) is 38.3 Å². The molecule has 6 heteroatoms. The Morgan fingerprint density at radius 2 is 1.80 bits per heavy atom. The third-order valence-corrected chi connectivity index (χ3v) is 6.36. The number of hydrogen-bond acceptors (Lipinski definition) is 4. The Hall–Kier alpha value is -3.38. The molecule has 3 heterocycles. The number of ether oxygens (including phenoxy) is 2. The van der Waals surface area contributed by atoms with Crippen LogP contribution in [0.4, 0.5) is 5.69 Å². The van der Waals surface area contributed by atoms with Crippen LogP contribution in [0.25, 0.3) is 38.2 Å². The SMILES string of the molecule is COc1ccc2c(c1)n1c(=O)c3cccc4c(N5CCOCC5)ccc(c43)c1[n+]2C. The lowest BCUT2D eigenvalue weighted by Gasteiger charge is -2.30. The molecule has 5 aromatic rings. The quantitative estimate of drug-likeness (QED) is 0.428. The van der Waals surface area contributed by atoms with Crippen LogP contribution in [0.15, 0.2) is 53.3 Å². The maximum absolute atomic E-state index is 13.7. The molecule has 0 spiro atoms. The first-order chi connectivity index (χ1) is 14.7. The number of benzene rings is 3. The highest BCUT2D eigenvalue weighted by molar-refractivity contribution is 6.18. The average molecular weight is 400 g/mol. The predicted octanol–water partition coefficient (Wildman–Crippen LogP) is 2.87. The smallest absolute Gasteiger partial charge is 0.347 e. The van der Waals surface area contributed by atoms with E-state index in [9.17, 15) is 4.79 Å². The summed E-state index contributed by atoms with van der Waals surface area (Å²) in [6, 6.07) is 16.3. The number of aryl methyl sites for hydroxylation is 1. The summed E-state index contributed by atoms with van der Waals surface area (Å²) in [6.45, 7) is 3.18. The van der Waals surface area contributed by atoms with E-state index in [2.05, 4.69) is 27.7 Å². The van der Waals surface area contributed by atoms with Gasteiger partial charge in [-0.15, -0.1) is 0 Å². The van der Waals surface area contributed by atoms with Crippen LogP contribution in [0, 0.1) is 0 Å². The van der Waals surface area contributed by atoms with Crippen LogP contribution in [-0.4, -0.2) is 37.8 Å². The lowest BCUT2D eigenvalue weighted by Crippen LogP contribution is -2.36. The van der Waals surface area contributed by atoms with Gasteiger partial charge in [0.2, 0.25) is 0 Å². The monoisotopic (exact) mass is 400 g/mol. The second kappa shape index (κ2) is 6.31. The largest absolute Gasteiger partial charge is 0.497 e. The zero-order valence-corrected chi connectivity index (χ0v) is 17.0. The van der Waals surface area contributed by atoms with Crippen LogP contribution in [0.2, 0.25) is 0 Å². The van der Waals surface area contributed by atoms with E-state index in [0.29, 0.717) is 0 Å². The highest BCUT2D eigenvalue weighted by Crippen LogP contribution is 2.35. The molecule has 0 N–H and O–H groups in total. The van der Waals surface area contributed by atoms with Gasteiger partial charge in [0.1, 0.15) is 5.75 Å². The van der Waals surface area contributed by atoms with Gasteiger partial charge >= 0.3 is 5.56 Å².